The summed E-state index contributed by atoms with van der Waals surface area (Å²) in [6.45, 7) is 8.89. The van der Waals surface area contributed by atoms with E-state index < -0.39 is 0 Å². The molecule has 1 heteroatoms. The van der Waals surface area contributed by atoms with Crippen LogP contribution in [0, 0.1) is 17.2 Å². The van der Waals surface area contributed by atoms with Crippen LogP contribution >= 0.6 is 0 Å². The second-order valence-corrected chi connectivity index (χ2v) is 6.36. The Morgan fingerprint density at radius 2 is 1.16 bits per heavy atom. The summed E-state index contributed by atoms with van der Waals surface area (Å²) in [6.07, 6.45) is 14.6. The summed E-state index contributed by atoms with van der Waals surface area (Å²) in [4.78, 5) is 0. The summed E-state index contributed by atoms with van der Waals surface area (Å²) in [5, 5.41) is 8.30. The van der Waals surface area contributed by atoms with E-state index in [1.165, 1.54) is 70.6 Å². The van der Waals surface area contributed by atoms with Crippen LogP contribution in [-0.4, -0.2) is 5.71 Å². The molecule has 0 aliphatic heterocycles. The van der Waals surface area contributed by atoms with Gasteiger partial charge in [0.1, 0.15) is 0 Å². The predicted molar refractivity (Wildman–Crippen MR) is 88.2 cm³/mol. The van der Waals surface area contributed by atoms with Gasteiger partial charge >= 0.3 is 0 Å². The maximum absolute atomic E-state index is 8.30. The number of unbranched alkanes of at least 4 members (excludes halogenated alkanes) is 7. The lowest BCUT2D eigenvalue weighted by atomic mass is 9.85. The zero-order chi connectivity index (χ0) is 14.5. The Balaban J connectivity index is 3.93. The minimum absolute atomic E-state index is 0.437. The van der Waals surface area contributed by atoms with Gasteiger partial charge in [0.15, 0.2) is 0 Å². The Bertz CT molecular complexity index is 208. The van der Waals surface area contributed by atoms with Gasteiger partial charge in [-0.3, -0.25) is 0 Å². The van der Waals surface area contributed by atoms with Crippen molar-refractivity contribution in [2.24, 2.45) is 11.8 Å². The molecule has 1 atom stereocenters. The molecule has 0 aliphatic rings. The van der Waals surface area contributed by atoms with Gasteiger partial charge in [-0.25, -0.2) is 0 Å². The van der Waals surface area contributed by atoms with Gasteiger partial charge in [0, 0.05) is 5.71 Å². The molecule has 0 saturated heterocycles. The monoisotopic (exact) mass is 267 g/mol. The van der Waals surface area contributed by atoms with Gasteiger partial charge in [-0.2, -0.15) is 0 Å². The fourth-order valence-corrected chi connectivity index (χ4v) is 2.74. The molecule has 0 aromatic carbocycles. The average Bonchev–Trinajstić information content (AvgIpc) is 2.40. The SMILES string of the molecule is CCCCCCCC(CCCCCC)C(=N)C(C)C. The molecule has 0 aromatic rings. The topological polar surface area (TPSA) is 23.9 Å². The lowest BCUT2D eigenvalue weighted by molar-refractivity contribution is 0.477. The van der Waals surface area contributed by atoms with Gasteiger partial charge in [-0.15, -0.1) is 0 Å². The minimum atomic E-state index is 0.437. The van der Waals surface area contributed by atoms with E-state index in [0.717, 1.165) is 5.71 Å². The standard InChI is InChI=1S/C18H37N/c1-5-7-9-11-13-15-17(18(19)16(3)4)14-12-10-8-6-2/h16-17,19H,5-15H2,1-4H3. The van der Waals surface area contributed by atoms with Crippen LogP contribution in [0.15, 0.2) is 0 Å². The van der Waals surface area contributed by atoms with Crippen LogP contribution in [0.3, 0.4) is 0 Å². The smallest absolute Gasteiger partial charge is 0.0145 e. The van der Waals surface area contributed by atoms with Crippen LogP contribution in [0.4, 0.5) is 0 Å². The zero-order valence-electron chi connectivity index (χ0n) is 13.9. The molecule has 0 bridgehead atoms. The largest absolute Gasteiger partial charge is 0.309 e. The molecular formula is C18H37N. The fraction of sp³-hybridized carbons (Fsp3) is 0.944. The molecule has 1 unspecified atom stereocenters. The van der Waals surface area contributed by atoms with Crippen LogP contribution in [0.5, 0.6) is 0 Å². The molecule has 0 radical (unpaired) electrons. The third-order valence-electron chi connectivity index (χ3n) is 4.12. The van der Waals surface area contributed by atoms with Crippen LogP contribution in [0.25, 0.3) is 0 Å². The van der Waals surface area contributed by atoms with E-state index in [0.29, 0.717) is 11.8 Å². The van der Waals surface area contributed by atoms with E-state index >= 15 is 0 Å². The maximum atomic E-state index is 8.30. The summed E-state index contributed by atoms with van der Waals surface area (Å²) in [5.41, 5.74) is 1.01. The first-order valence-corrected chi connectivity index (χ1v) is 8.71. The van der Waals surface area contributed by atoms with Crippen molar-refractivity contribution in [1.29, 1.82) is 5.41 Å². The van der Waals surface area contributed by atoms with E-state index in [4.69, 9.17) is 5.41 Å². The summed E-state index contributed by atoms with van der Waals surface area (Å²) < 4.78 is 0. The number of hydrogen-bond acceptors (Lipinski definition) is 1. The number of rotatable bonds is 13. The van der Waals surface area contributed by atoms with E-state index in [1.54, 1.807) is 0 Å². The van der Waals surface area contributed by atoms with Crippen LogP contribution in [0.2, 0.25) is 0 Å². The van der Waals surface area contributed by atoms with Crippen molar-refractivity contribution in [3.05, 3.63) is 0 Å². The lowest BCUT2D eigenvalue weighted by Gasteiger charge is -2.20. The van der Waals surface area contributed by atoms with Crippen LogP contribution < -0.4 is 0 Å². The fourth-order valence-electron chi connectivity index (χ4n) is 2.74. The first-order valence-electron chi connectivity index (χ1n) is 8.71. The third-order valence-corrected chi connectivity index (χ3v) is 4.12. The van der Waals surface area contributed by atoms with Crippen molar-refractivity contribution in [1.82, 2.24) is 0 Å². The molecule has 0 aromatic heterocycles. The summed E-state index contributed by atoms with van der Waals surface area (Å²) in [6, 6.07) is 0. The zero-order valence-corrected chi connectivity index (χ0v) is 13.9. The Kier molecular flexibility index (Phi) is 12.5. The van der Waals surface area contributed by atoms with E-state index in [-0.39, 0.29) is 0 Å². The van der Waals surface area contributed by atoms with Crippen molar-refractivity contribution in [3.63, 3.8) is 0 Å². The Morgan fingerprint density at radius 3 is 1.58 bits per heavy atom. The lowest BCUT2D eigenvalue weighted by Crippen LogP contribution is -2.19. The second kappa shape index (κ2) is 12.7. The quantitative estimate of drug-likeness (QED) is 0.287. The van der Waals surface area contributed by atoms with Crippen molar-refractivity contribution >= 4 is 5.71 Å². The van der Waals surface area contributed by atoms with Gasteiger partial charge in [-0.05, 0) is 24.7 Å². The van der Waals surface area contributed by atoms with Crippen LogP contribution in [0.1, 0.15) is 98.3 Å². The first kappa shape index (κ1) is 18.7. The second-order valence-electron chi connectivity index (χ2n) is 6.36. The summed E-state index contributed by atoms with van der Waals surface area (Å²) in [5.74, 6) is 1.00. The van der Waals surface area contributed by atoms with Gasteiger partial charge in [0.2, 0.25) is 0 Å². The summed E-state index contributed by atoms with van der Waals surface area (Å²) >= 11 is 0. The third kappa shape index (κ3) is 10.2. The van der Waals surface area contributed by atoms with E-state index in [2.05, 4.69) is 27.7 Å². The molecule has 1 nitrogen and oxygen atoms in total. The van der Waals surface area contributed by atoms with Crippen molar-refractivity contribution in [3.8, 4) is 0 Å². The molecule has 114 valence electrons. The molecule has 0 spiro atoms. The Labute approximate surface area is 122 Å². The molecule has 1 N–H and O–H groups in total. The highest BCUT2D eigenvalue weighted by Crippen LogP contribution is 2.22. The number of nitrogens with one attached hydrogen (secondary N) is 1. The molecule has 0 saturated carbocycles. The first-order chi connectivity index (χ1) is 9.13. The summed E-state index contributed by atoms with van der Waals surface area (Å²) in [7, 11) is 0. The molecule has 0 rings (SSSR count). The van der Waals surface area contributed by atoms with E-state index in [9.17, 15) is 0 Å². The molecule has 19 heavy (non-hydrogen) atoms. The highest BCUT2D eigenvalue weighted by molar-refractivity contribution is 5.85. The normalized spacial score (nSPS) is 12.9. The van der Waals surface area contributed by atoms with Gasteiger partial charge in [0.25, 0.3) is 0 Å². The maximum Gasteiger partial charge on any atom is 0.0145 e. The molecule has 0 fully saturated rings. The van der Waals surface area contributed by atoms with Gasteiger partial charge in [0.05, 0.1) is 0 Å². The van der Waals surface area contributed by atoms with Crippen molar-refractivity contribution in [2.45, 2.75) is 98.3 Å². The molecule has 0 amide bonds. The number of hydrogen-bond donors (Lipinski definition) is 1. The molecular weight excluding hydrogens is 230 g/mol. The van der Waals surface area contributed by atoms with Gasteiger partial charge < -0.3 is 5.41 Å². The molecule has 0 aliphatic carbocycles. The Hall–Kier alpha value is -0.330. The minimum Gasteiger partial charge on any atom is -0.309 e. The highest BCUT2D eigenvalue weighted by Gasteiger charge is 2.16. The van der Waals surface area contributed by atoms with Crippen molar-refractivity contribution in [2.75, 3.05) is 0 Å². The average molecular weight is 268 g/mol. The molecule has 0 heterocycles. The van der Waals surface area contributed by atoms with Crippen molar-refractivity contribution < 1.29 is 0 Å². The highest BCUT2D eigenvalue weighted by atomic mass is 14.5. The van der Waals surface area contributed by atoms with E-state index in [1.807, 2.05) is 0 Å². The van der Waals surface area contributed by atoms with Gasteiger partial charge in [-0.1, -0.05) is 85.5 Å². The Morgan fingerprint density at radius 1 is 0.737 bits per heavy atom. The van der Waals surface area contributed by atoms with Crippen LogP contribution in [-0.2, 0) is 0 Å². The predicted octanol–water partition coefficient (Wildman–Crippen LogP) is 6.61.